The first kappa shape index (κ1) is 15.0. The molecule has 1 heterocycles. The van der Waals surface area contributed by atoms with Crippen molar-refractivity contribution in [3.63, 3.8) is 0 Å². The van der Waals surface area contributed by atoms with E-state index in [1.807, 2.05) is 6.07 Å². The predicted octanol–water partition coefficient (Wildman–Crippen LogP) is -0.0368. The summed E-state index contributed by atoms with van der Waals surface area (Å²) in [5.74, 6) is -0.150. The van der Waals surface area contributed by atoms with Crippen molar-refractivity contribution in [3.8, 4) is 0 Å². The van der Waals surface area contributed by atoms with Gasteiger partial charge in [0, 0.05) is 20.1 Å². The molecule has 1 amide bonds. The summed E-state index contributed by atoms with van der Waals surface area (Å²) in [6.45, 7) is 0.570. The zero-order chi connectivity index (χ0) is 14.6. The number of ether oxygens (including phenoxy) is 1. The zero-order valence-corrected chi connectivity index (χ0v) is 12.1. The Morgan fingerprint density at radius 2 is 2.05 bits per heavy atom. The largest absolute Gasteiger partial charge is 0.365 e. The summed E-state index contributed by atoms with van der Waals surface area (Å²) in [7, 11) is -1.72. The Balaban J connectivity index is 1.85. The molecule has 0 aliphatic carbocycles. The predicted molar refractivity (Wildman–Crippen MR) is 74.4 cm³/mol. The summed E-state index contributed by atoms with van der Waals surface area (Å²) >= 11 is 0. The summed E-state index contributed by atoms with van der Waals surface area (Å²) < 4.78 is 31.7. The van der Waals surface area contributed by atoms with Crippen LogP contribution in [0.1, 0.15) is 5.56 Å². The van der Waals surface area contributed by atoms with Gasteiger partial charge in [0.1, 0.15) is 6.61 Å². The Morgan fingerprint density at radius 1 is 1.35 bits per heavy atom. The number of carbonyl (C=O) groups is 1. The Hall–Kier alpha value is -1.44. The first-order chi connectivity index (χ1) is 9.46. The van der Waals surface area contributed by atoms with Crippen LogP contribution in [0.25, 0.3) is 0 Å². The lowest BCUT2D eigenvalue weighted by Crippen LogP contribution is -2.48. The molecular weight excluding hydrogens is 280 g/mol. The molecule has 0 aromatic heterocycles. The lowest BCUT2D eigenvalue weighted by Gasteiger charge is -2.29. The van der Waals surface area contributed by atoms with Crippen LogP contribution >= 0.6 is 0 Å². The van der Waals surface area contributed by atoms with Gasteiger partial charge in [-0.05, 0) is 5.56 Å². The first-order valence-corrected chi connectivity index (χ1v) is 7.98. The van der Waals surface area contributed by atoms with Crippen LogP contribution in [0.4, 0.5) is 0 Å². The van der Waals surface area contributed by atoms with E-state index in [-0.39, 0.29) is 30.9 Å². The van der Waals surface area contributed by atoms with Gasteiger partial charge < -0.3 is 9.64 Å². The molecule has 0 saturated carbocycles. The van der Waals surface area contributed by atoms with Crippen molar-refractivity contribution in [2.75, 3.05) is 26.7 Å². The fraction of sp³-hybridized carbons (Fsp3) is 0.462. The Bertz CT molecular complexity index is 559. The van der Waals surface area contributed by atoms with E-state index >= 15 is 0 Å². The van der Waals surface area contributed by atoms with Gasteiger partial charge in [-0.25, -0.2) is 13.1 Å². The molecule has 0 spiro atoms. The number of carbonyl (C=O) groups excluding carboxylic acids is 1. The van der Waals surface area contributed by atoms with E-state index in [0.717, 1.165) is 5.56 Å². The number of rotatable bonds is 5. The lowest BCUT2D eigenvalue weighted by atomic mass is 10.2. The standard InChI is InChI=1S/C13H18N2O4S/c1-15-8-12(19-9-13(15)16)7-14-20(17,18)10-11-5-3-2-4-6-11/h2-6,12,14H,7-10H2,1H3. The van der Waals surface area contributed by atoms with E-state index in [1.54, 1.807) is 36.2 Å². The van der Waals surface area contributed by atoms with Gasteiger partial charge in [-0.1, -0.05) is 30.3 Å². The second-order valence-corrected chi connectivity index (χ2v) is 6.61. The number of sulfonamides is 1. The van der Waals surface area contributed by atoms with Gasteiger partial charge in [-0.15, -0.1) is 0 Å². The Labute approximate surface area is 118 Å². The summed E-state index contributed by atoms with van der Waals surface area (Å²) in [4.78, 5) is 12.8. The average Bonchev–Trinajstić information content (AvgIpc) is 2.41. The average molecular weight is 298 g/mol. The number of hydrogen-bond acceptors (Lipinski definition) is 4. The number of benzene rings is 1. The SMILES string of the molecule is CN1CC(CNS(=O)(=O)Cc2ccccc2)OCC1=O. The van der Waals surface area contributed by atoms with Gasteiger partial charge in [0.25, 0.3) is 0 Å². The molecular formula is C13H18N2O4S. The highest BCUT2D eigenvalue weighted by Gasteiger charge is 2.24. The fourth-order valence-electron chi connectivity index (χ4n) is 1.95. The molecule has 2 rings (SSSR count). The molecule has 1 atom stereocenters. The van der Waals surface area contributed by atoms with Gasteiger partial charge in [-0.3, -0.25) is 4.79 Å². The fourth-order valence-corrected chi connectivity index (χ4v) is 3.12. The minimum atomic E-state index is -3.40. The van der Waals surface area contributed by atoms with E-state index in [2.05, 4.69) is 4.72 Å². The Morgan fingerprint density at radius 3 is 2.70 bits per heavy atom. The number of amides is 1. The van der Waals surface area contributed by atoms with Crippen molar-refractivity contribution in [1.29, 1.82) is 0 Å². The van der Waals surface area contributed by atoms with Crippen LogP contribution in [0.15, 0.2) is 30.3 Å². The van der Waals surface area contributed by atoms with Crippen molar-refractivity contribution in [2.24, 2.45) is 0 Å². The normalized spacial score (nSPS) is 20.1. The van der Waals surface area contributed by atoms with Gasteiger partial charge in [0.15, 0.2) is 0 Å². The highest BCUT2D eigenvalue weighted by Crippen LogP contribution is 2.06. The molecule has 110 valence electrons. The van der Waals surface area contributed by atoms with Crippen LogP contribution in [0.3, 0.4) is 0 Å². The van der Waals surface area contributed by atoms with Gasteiger partial charge in [0.05, 0.1) is 11.9 Å². The quantitative estimate of drug-likeness (QED) is 0.828. The summed E-state index contributed by atoms with van der Waals surface area (Å²) in [6.07, 6.45) is -0.303. The number of hydrogen-bond donors (Lipinski definition) is 1. The van der Waals surface area contributed by atoms with E-state index in [9.17, 15) is 13.2 Å². The van der Waals surface area contributed by atoms with Crippen molar-refractivity contribution in [3.05, 3.63) is 35.9 Å². The topological polar surface area (TPSA) is 75.7 Å². The lowest BCUT2D eigenvalue weighted by molar-refractivity contribution is -0.146. The monoisotopic (exact) mass is 298 g/mol. The van der Waals surface area contributed by atoms with E-state index in [1.165, 1.54) is 0 Å². The number of nitrogens with one attached hydrogen (secondary N) is 1. The maximum absolute atomic E-state index is 11.9. The summed E-state index contributed by atoms with van der Waals surface area (Å²) in [5.41, 5.74) is 0.733. The molecule has 1 N–H and O–H groups in total. The number of nitrogens with zero attached hydrogens (tertiary/aromatic N) is 1. The van der Waals surface area contributed by atoms with Crippen LogP contribution in [-0.2, 0) is 25.3 Å². The minimum absolute atomic E-state index is 0.00157. The van der Waals surface area contributed by atoms with Crippen LogP contribution in [-0.4, -0.2) is 52.1 Å². The van der Waals surface area contributed by atoms with E-state index in [0.29, 0.717) is 6.54 Å². The molecule has 1 aliphatic rings. The second kappa shape index (κ2) is 6.34. The molecule has 1 aromatic rings. The number of likely N-dealkylation sites (N-methyl/N-ethyl adjacent to an activating group) is 1. The maximum Gasteiger partial charge on any atom is 0.248 e. The third kappa shape index (κ3) is 4.29. The smallest absolute Gasteiger partial charge is 0.248 e. The molecule has 0 bridgehead atoms. The highest BCUT2D eigenvalue weighted by molar-refractivity contribution is 7.88. The maximum atomic E-state index is 11.9. The Kier molecular flexibility index (Phi) is 4.74. The van der Waals surface area contributed by atoms with Crippen LogP contribution in [0.2, 0.25) is 0 Å². The number of morpholine rings is 1. The molecule has 1 saturated heterocycles. The third-order valence-corrected chi connectivity index (χ3v) is 4.40. The zero-order valence-electron chi connectivity index (χ0n) is 11.3. The molecule has 1 aliphatic heterocycles. The summed E-state index contributed by atoms with van der Waals surface area (Å²) in [6, 6.07) is 8.98. The molecule has 6 nitrogen and oxygen atoms in total. The van der Waals surface area contributed by atoms with Crippen LogP contribution in [0, 0.1) is 0 Å². The molecule has 1 fully saturated rings. The van der Waals surface area contributed by atoms with Gasteiger partial charge >= 0.3 is 0 Å². The van der Waals surface area contributed by atoms with E-state index in [4.69, 9.17) is 4.74 Å². The molecule has 0 radical (unpaired) electrons. The van der Waals surface area contributed by atoms with Crippen molar-refractivity contribution < 1.29 is 17.9 Å². The molecule has 1 aromatic carbocycles. The van der Waals surface area contributed by atoms with E-state index < -0.39 is 10.0 Å². The minimum Gasteiger partial charge on any atom is -0.365 e. The molecule has 20 heavy (non-hydrogen) atoms. The van der Waals surface area contributed by atoms with Gasteiger partial charge in [-0.2, -0.15) is 0 Å². The first-order valence-electron chi connectivity index (χ1n) is 6.33. The molecule has 1 unspecified atom stereocenters. The summed E-state index contributed by atoms with van der Waals surface area (Å²) in [5, 5.41) is 0. The van der Waals surface area contributed by atoms with Crippen molar-refractivity contribution >= 4 is 15.9 Å². The van der Waals surface area contributed by atoms with Gasteiger partial charge in [0.2, 0.25) is 15.9 Å². The third-order valence-electron chi connectivity index (χ3n) is 3.08. The van der Waals surface area contributed by atoms with Crippen LogP contribution in [0.5, 0.6) is 0 Å². The second-order valence-electron chi connectivity index (χ2n) is 4.80. The van der Waals surface area contributed by atoms with Crippen molar-refractivity contribution in [1.82, 2.24) is 9.62 Å². The van der Waals surface area contributed by atoms with Crippen molar-refractivity contribution in [2.45, 2.75) is 11.9 Å². The highest BCUT2D eigenvalue weighted by atomic mass is 32.2. The molecule has 7 heteroatoms. The van der Waals surface area contributed by atoms with Crippen LogP contribution < -0.4 is 4.72 Å².